The lowest BCUT2D eigenvalue weighted by Gasteiger charge is -2.08. The number of hydrogen-bond donors (Lipinski definition) is 1. The molecule has 0 aromatic heterocycles. The number of carbonyl (C=O) groups is 1. The SMILES string of the molecule is O=C(Nc1cc(F)ccc1Br)c1ccc(CBr)cc1. The summed E-state index contributed by atoms with van der Waals surface area (Å²) >= 11 is 6.61. The molecule has 0 fully saturated rings. The second kappa shape index (κ2) is 6.30. The molecule has 0 heterocycles. The second-order valence-corrected chi connectivity index (χ2v) is 5.32. The minimum absolute atomic E-state index is 0.271. The summed E-state index contributed by atoms with van der Waals surface area (Å²) in [5.41, 5.74) is 2.03. The third-order valence-electron chi connectivity index (χ3n) is 2.55. The summed E-state index contributed by atoms with van der Waals surface area (Å²) in [5, 5.41) is 3.41. The number of amides is 1. The fourth-order valence-electron chi connectivity index (χ4n) is 1.53. The maximum atomic E-state index is 13.1. The molecule has 5 heteroatoms. The molecule has 0 radical (unpaired) electrons. The van der Waals surface area contributed by atoms with Crippen molar-refractivity contribution >= 4 is 43.5 Å². The number of anilines is 1. The van der Waals surface area contributed by atoms with Crippen molar-refractivity contribution < 1.29 is 9.18 Å². The van der Waals surface area contributed by atoms with E-state index in [-0.39, 0.29) is 5.91 Å². The number of rotatable bonds is 3. The summed E-state index contributed by atoms with van der Waals surface area (Å²) < 4.78 is 13.8. The smallest absolute Gasteiger partial charge is 0.255 e. The molecule has 0 unspecified atom stereocenters. The van der Waals surface area contributed by atoms with Crippen LogP contribution in [0.2, 0.25) is 0 Å². The van der Waals surface area contributed by atoms with E-state index in [4.69, 9.17) is 0 Å². The van der Waals surface area contributed by atoms with Crippen molar-refractivity contribution in [2.45, 2.75) is 5.33 Å². The molecule has 1 N–H and O–H groups in total. The Bertz CT molecular complexity index is 599. The van der Waals surface area contributed by atoms with Crippen molar-refractivity contribution in [2.24, 2.45) is 0 Å². The number of benzene rings is 2. The summed E-state index contributed by atoms with van der Waals surface area (Å²) in [6.45, 7) is 0. The highest BCUT2D eigenvalue weighted by Gasteiger charge is 2.09. The summed E-state index contributed by atoms with van der Waals surface area (Å²) in [6, 6.07) is 11.4. The van der Waals surface area contributed by atoms with Gasteiger partial charge in [-0.1, -0.05) is 28.1 Å². The van der Waals surface area contributed by atoms with Crippen LogP contribution in [0.25, 0.3) is 0 Å². The van der Waals surface area contributed by atoms with Crippen LogP contribution in [-0.2, 0) is 5.33 Å². The van der Waals surface area contributed by atoms with E-state index in [1.54, 1.807) is 18.2 Å². The van der Waals surface area contributed by atoms with Gasteiger partial charge in [0.2, 0.25) is 0 Å². The normalized spacial score (nSPS) is 10.3. The molecule has 98 valence electrons. The lowest BCUT2D eigenvalue weighted by atomic mass is 10.1. The van der Waals surface area contributed by atoms with E-state index < -0.39 is 5.82 Å². The van der Waals surface area contributed by atoms with E-state index in [1.807, 2.05) is 12.1 Å². The lowest BCUT2D eigenvalue weighted by molar-refractivity contribution is 0.102. The molecule has 0 aliphatic rings. The molecule has 2 rings (SSSR count). The van der Waals surface area contributed by atoms with Gasteiger partial charge >= 0.3 is 0 Å². The van der Waals surface area contributed by atoms with Crippen LogP contribution in [0, 0.1) is 5.82 Å². The maximum Gasteiger partial charge on any atom is 0.255 e. The zero-order chi connectivity index (χ0) is 13.8. The van der Waals surface area contributed by atoms with Gasteiger partial charge in [0.15, 0.2) is 0 Å². The molecule has 2 nitrogen and oxygen atoms in total. The monoisotopic (exact) mass is 385 g/mol. The van der Waals surface area contributed by atoms with Crippen molar-refractivity contribution in [3.8, 4) is 0 Å². The van der Waals surface area contributed by atoms with E-state index in [0.717, 1.165) is 10.9 Å². The Hall–Kier alpha value is -1.20. The van der Waals surface area contributed by atoms with Crippen molar-refractivity contribution in [3.05, 3.63) is 63.9 Å². The Labute approximate surface area is 127 Å². The van der Waals surface area contributed by atoms with Gasteiger partial charge in [-0.25, -0.2) is 4.39 Å². The number of hydrogen-bond acceptors (Lipinski definition) is 1. The van der Waals surface area contributed by atoms with Crippen LogP contribution < -0.4 is 5.32 Å². The van der Waals surface area contributed by atoms with Crippen LogP contribution in [0.5, 0.6) is 0 Å². The van der Waals surface area contributed by atoms with Gasteiger partial charge in [-0.2, -0.15) is 0 Å². The summed E-state index contributed by atoms with van der Waals surface area (Å²) in [5.74, 6) is -0.666. The second-order valence-electron chi connectivity index (χ2n) is 3.91. The third kappa shape index (κ3) is 3.64. The lowest BCUT2D eigenvalue weighted by Crippen LogP contribution is -2.12. The first kappa shape index (κ1) is 14.2. The average Bonchev–Trinajstić information content (AvgIpc) is 2.43. The Morgan fingerprint density at radius 2 is 1.84 bits per heavy atom. The van der Waals surface area contributed by atoms with Gasteiger partial charge in [-0.15, -0.1) is 0 Å². The van der Waals surface area contributed by atoms with Gasteiger partial charge in [0.05, 0.1) is 5.69 Å². The summed E-state index contributed by atoms with van der Waals surface area (Å²) in [7, 11) is 0. The Morgan fingerprint density at radius 1 is 1.16 bits per heavy atom. The fourth-order valence-corrected chi connectivity index (χ4v) is 2.25. The van der Waals surface area contributed by atoms with E-state index in [0.29, 0.717) is 15.7 Å². The predicted molar refractivity (Wildman–Crippen MR) is 81.1 cm³/mol. The molecular formula is C14H10Br2FNO. The highest BCUT2D eigenvalue weighted by molar-refractivity contribution is 9.10. The van der Waals surface area contributed by atoms with Crippen LogP contribution in [0.3, 0.4) is 0 Å². The molecule has 0 bridgehead atoms. The highest BCUT2D eigenvalue weighted by atomic mass is 79.9. The quantitative estimate of drug-likeness (QED) is 0.758. The van der Waals surface area contributed by atoms with Gasteiger partial charge in [0.25, 0.3) is 5.91 Å². The van der Waals surface area contributed by atoms with Crippen molar-refractivity contribution in [1.82, 2.24) is 0 Å². The van der Waals surface area contributed by atoms with Crippen molar-refractivity contribution in [3.63, 3.8) is 0 Å². The van der Waals surface area contributed by atoms with Gasteiger partial charge in [-0.3, -0.25) is 4.79 Å². The molecule has 0 aliphatic carbocycles. The number of nitrogens with one attached hydrogen (secondary N) is 1. The molecule has 0 atom stereocenters. The highest BCUT2D eigenvalue weighted by Crippen LogP contribution is 2.23. The van der Waals surface area contributed by atoms with Crippen LogP contribution in [-0.4, -0.2) is 5.91 Å². The first-order valence-corrected chi connectivity index (χ1v) is 7.43. The molecule has 0 spiro atoms. The molecule has 0 saturated heterocycles. The minimum atomic E-state index is -0.395. The van der Waals surface area contributed by atoms with Gasteiger partial charge in [0.1, 0.15) is 5.82 Å². The molecule has 19 heavy (non-hydrogen) atoms. The van der Waals surface area contributed by atoms with Crippen LogP contribution in [0.15, 0.2) is 46.9 Å². The van der Waals surface area contributed by atoms with Crippen LogP contribution in [0.1, 0.15) is 15.9 Å². The van der Waals surface area contributed by atoms with Crippen molar-refractivity contribution in [2.75, 3.05) is 5.32 Å². The summed E-state index contributed by atoms with van der Waals surface area (Å²) in [6.07, 6.45) is 0. The van der Waals surface area contributed by atoms with Crippen LogP contribution in [0.4, 0.5) is 10.1 Å². The Kier molecular flexibility index (Phi) is 4.71. The molecule has 2 aromatic rings. The zero-order valence-corrected chi connectivity index (χ0v) is 13.0. The van der Waals surface area contributed by atoms with Gasteiger partial charge < -0.3 is 5.32 Å². The molecule has 0 aliphatic heterocycles. The molecule has 0 saturated carbocycles. The van der Waals surface area contributed by atoms with Gasteiger partial charge in [0, 0.05) is 15.4 Å². The maximum absolute atomic E-state index is 13.1. The Morgan fingerprint density at radius 3 is 2.47 bits per heavy atom. The van der Waals surface area contributed by atoms with Crippen molar-refractivity contribution in [1.29, 1.82) is 0 Å². The Balaban J connectivity index is 2.18. The largest absolute Gasteiger partial charge is 0.321 e. The molecule has 1 amide bonds. The minimum Gasteiger partial charge on any atom is -0.321 e. The third-order valence-corrected chi connectivity index (χ3v) is 3.89. The number of alkyl halides is 1. The summed E-state index contributed by atoms with van der Waals surface area (Å²) in [4.78, 5) is 12.0. The number of carbonyl (C=O) groups excluding carboxylic acids is 1. The predicted octanol–water partition coefficient (Wildman–Crippen LogP) is 4.74. The van der Waals surface area contributed by atoms with Gasteiger partial charge in [-0.05, 0) is 51.8 Å². The topological polar surface area (TPSA) is 29.1 Å². The zero-order valence-electron chi connectivity index (χ0n) is 9.79. The van der Waals surface area contributed by atoms with E-state index in [9.17, 15) is 9.18 Å². The van der Waals surface area contributed by atoms with Crippen LogP contribution >= 0.6 is 31.9 Å². The fraction of sp³-hybridized carbons (Fsp3) is 0.0714. The van der Waals surface area contributed by atoms with E-state index in [1.165, 1.54) is 12.1 Å². The average molecular weight is 387 g/mol. The first-order valence-electron chi connectivity index (χ1n) is 5.51. The molecular weight excluding hydrogens is 377 g/mol. The standard InChI is InChI=1S/C14H10Br2FNO/c15-8-9-1-3-10(4-2-9)14(19)18-13-7-11(17)5-6-12(13)16/h1-7H,8H2,(H,18,19). The van der Waals surface area contributed by atoms with E-state index >= 15 is 0 Å². The van der Waals surface area contributed by atoms with E-state index in [2.05, 4.69) is 37.2 Å². The molecule has 2 aromatic carbocycles. The first-order chi connectivity index (χ1) is 9.10. The number of halogens is 3.